The van der Waals surface area contributed by atoms with Crippen LogP contribution in [0.25, 0.3) is 0 Å². The molecule has 0 amide bonds. The molecule has 1 N–H and O–H groups in total. The molecule has 0 fully saturated rings. The van der Waals surface area contributed by atoms with Crippen LogP contribution in [0.2, 0.25) is 0 Å². The highest BCUT2D eigenvalue weighted by atomic mass is 19.1. The Morgan fingerprint density at radius 1 is 1.36 bits per heavy atom. The maximum Gasteiger partial charge on any atom is 0.126 e. The highest BCUT2D eigenvalue weighted by molar-refractivity contribution is 5.29. The Morgan fingerprint density at radius 2 is 2.14 bits per heavy atom. The summed E-state index contributed by atoms with van der Waals surface area (Å²) in [5.41, 5.74) is 2.91. The molecule has 0 aromatic heterocycles. The van der Waals surface area contributed by atoms with Gasteiger partial charge in [0.1, 0.15) is 5.82 Å². The predicted molar refractivity (Wildman–Crippen MR) is 55.1 cm³/mol. The van der Waals surface area contributed by atoms with Crippen molar-refractivity contribution >= 4 is 0 Å². The summed E-state index contributed by atoms with van der Waals surface area (Å²) in [5.74, 6) is -0.133. The Kier molecular flexibility index (Phi) is 2.35. The van der Waals surface area contributed by atoms with Crippen LogP contribution in [0.4, 0.5) is 4.39 Å². The van der Waals surface area contributed by atoms with Gasteiger partial charge in [-0.1, -0.05) is 24.8 Å². The van der Waals surface area contributed by atoms with E-state index in [0.717, 1.165) is 17.7 Å². The van der Waals surface area contributed by atoms with E-state index in [0.29, 0.717) is 6.42 Å². The quantitative estimate of drug-likeness (QED) is 0.754. The molecule has 0 saturated carbocycles. The summed E-state index contributed by atoms with van der Waals surface area (Å²) in [6, 6.07) is 6.87. The zero-order chi connectivity index (χ0) is 9.97. The van der Waals surface area contributed by atoms with E-state index in [4.69, 9.17) is 0 Å². The lowest BCUT2D eigenvalue weighted by atomic mass is 10.0. The molecule has 1 aromatic carbocycles. The monoisotopic (exact) mass is 189 g/mol. The van der Waals surface area contributed by atoms with Crippen molar-refractivity contribution in [2.24, 2.45) is 0 Å². The van der Waals surface area contributed by atoms with E-state index >= 15 is 0 Å². The molecule has 0 spiro atoms. The van der Waals surface area contributed by atoms with E-state index < -0.39 is 0 Å². The number of allylic oxidation sites excluding steroid dienone is 1. The molecule has 1 aliphatic heterocycles. The van der Waals surface area contributed by atoms with Crippen LogP contribution in [0.5, 0.6) is 0 Å². The first-order chi connectivity index (χ1) is 6.75. The number of benzene rings is 1. The van der Waals surface area contributed by atoms with Gasteiger partial charge in [-0.2, -0.15) is 0 Å². The molecule has 0 atom stereocenters. The second kappa shape index (κ2) is 3.66. The lowest BCUT2D eigenvalue weighted by Crippen LogP contribution is -1.93. The van der Waals surface area contributed by atoms with Gasteiger partial charge >= 0.3 is 0 Å². The SMILES string of the molecule is C=C1CC(Cc2ccccc2F)=CN1. The zero-order valence-electron chi connectivity index (χ0n) is 7.89. The van der Waals surface area contributed by atoms with Crippen molar-refractivity contribution in [3.8, 4) is 0 Å². The van der Waals surface area contributed by atoms with Crippen molar-refractivity contribution in [1.29, 1.82) is 0 Å². The number of hydrogen-bond acceptors (Lipinski definition) is 1. The summed E-state index contributed by atoms with van der Waals surface area (Å²) in [6.07, 6.45) is 3.40. The summed E-state index contributed by atoms with van der Waals surface area (Å²) >= 11 is 0. The molecule has 2 rings (SSSR count). The third-order valence-corrected chi connectivity index (χ3v) is 2.30. The van der Waals surface area contributed by atoms with Crippen LogP contribution < -0.4 is 5.32 Å². The smallest absolute Gasteiger partial charge is 0.126 e. The molecule has 0 unspecified atom stereocenters. The van der Waals surface area contributed by atoms with Crippen molar-refractivity contribution in [2.75, 3.05) is 0 Å². The maximum absolute atomic E-state index is 13.3. The average molecular weight is 189 g/mol. The largest absolute Gasteiger partial charge is 0.365 e. The number of nitrogens with one attached hydrogen (secondary N) is 1. The van der Waals surface area contributed by atoms with E-state index in [2.05, 4.69) is 11.9 Å². The van der Waals surface area contributed by atoms with Gasteiger partial charge in [0.25, 0.3) is 0 Å². The van der Waals surface area contributed by atoms with Crippen molar-refractivity contribution in [2.45, 2.75) is 12.8 Å². The van der Waals surface area contributed by atoms with Crippen molar-refractivity contribution in [3.05, 3.63) is 59.7 Å². The second-order valence-electron chi connectivity index (χ2n) is 3.50. The fourth-order valence-electron chi connectivity index (χ4n) is 1.58. The molecule has 0 bridgehead atoms. The van der Waals surface area contributed by atoms with E-state index in [-0.39, 0.29) is 5.82 Å². The standard InChI is InChI=1S/C12H12FN/c1-9-6-10(8-14-9)7-11-4-2-3-5-12(11)13/h2-5,8,14H,1,6-7H2. The van der Waals surface area contributed by atoms with Gasteiger partial charge in [-0.15, -0.1) is 0 Å². The molecule has 1 aromatic rings. The minimum atomic E-state index is -0.133. The van der Waals surface area contributed by atoms with E-state index in [1.54, 1.807) is 6.07 Å². The predicted octanol–water partition coefficient (Wildman–Crippen LogP) is 2.76. The molecule has 0 radical (unpaired) electrons. The highest BCUT2D eigenvalue weighted by Crippen LogP contribution is 2.19. The normalized spacial score (nSPS) is 15.2. The van der Waals surface area contributed by atoms with Crippen LogP contribution in [0.3, 0.4) is 0 Å². The molecule has 14 heavy (non-hydrogen) atoms. The van der Waals surface area contributed by atoms with Gasteiger partial charge < -0.3 is 5.32 Å². The number of rotatable bonds is 2. The summed E-state index contributed by atoms with van der Waals surface area (Å²) in [4.78, 5) is 0. The number of halogens is 1. The Labute approximate surface area is 83.0 Å². The van der Waals surface area contributed by atoms with Crippen LogP contribution >= 0.6 is 0 Å². The van der Waals surface area contributed by atoms with Crippen LogP contribution in [0.15, 0.2) is 48.3 Å². The lowest BCUT2D eigenvalue weighted by molar-refractivity contribution is 0.613. The lowest BCUT2D eigenvalue weighted by Gasteiger charge is -2.02. The topological polar surface area (TPSA) is 12.0 Å². The molecule has 1 heterocycles. The minimum Gasteiger partial charge on any atom is -0.365 e. The molecular formula is C12H12FN. The highest BCUT2D eigenvalue weighted by Gasteiger charge is 2.10. The van der Waals surface area contributed by atoms with Crippen LogP contribution in [-0.2, 0) is 6.42 Å². The van der Waals surface area contributed by atoms with E-state index in [1.165, 1.54) is 11.6 Å². The van der Waals surface area contributed by atoms with Gasteiger partial charge in [0.2, 0.25) is 0 Å². The molecule has 72 valence electrons. The fraction of sp³-hybridized carbons (Fsp3) is 0.167. The Hall–Kier alpha value is -1.57. The van der Waals surface area contributed by atoms with Crippen LogP contribution in [-0.4, -0.2) is 0 Å². The molecule has 0 saturated heterocycles. The van der Waals surface area contributed by atoms with Gasteiger partial charge in [-0.05, 0) is 23.6 Å². The number of hydrogen-bond donors (Lipinski definition) is 1. The molecule has 2 heteroatoms. The minimum absolute atomic E-state index is 0.133. The molecule has 0 aliphatic carbocycles. The first-order valence-corrected chi connectivity index (χ1v) is 4.61. The van der Waals surface area contributed by atoms with E-state index in [1.807, 2.05) is 18.3 Å². The van der Waals surface area contributed by atoms with Crippen molar-refractivity contribution in [3.63, 3.8) is 0 Å². The van der Waals surface area contributed by atoms with Crippen molar-refractivity contribution < 1.29 is 4.39 Å². The van der Waals surface area contributed by atoms with Crippen LogP contribution in [0, 0.1) is 5.82 Å². The summed E-state index contributed by atoms with van der Waals surface area (Å²) in [7, 11) is 0. The Bertz CT molecular complexity index is 393. The Balaban J connectivity index is 2.12. The first-order valence-electron chi connectivity index (χ1n) is 4.61. The molecule has 1 aliphatic rings. The van der Waals surface area contributed by atoms with E-state index in [9.17, 15) is 4.39 Å². The summed E-state index contributed by atoms with van der Waals surface area (Å²) < 4.78 is 13.3. The summed E-state index contributed by atoms with van der Waals surface area (Å²) in [6.45, 7) is 3.81. The van der Waals surface area contributed by atoms with Gasteiger partial charge in [-0.25, -0.2) is 4.39 Å². The second-order valence-corrected chi connectivity index (χ2v) is 3.50. The molecule has 1 nitrogen and oxygen atoms in total. The third kappa shape index (κ3) is 1.84. The zero-order valence-corrected chi connectivity index (χ0v) is 7.89. The van der Waals surface area contributed by atoms with Gasteiger partial charge in [0.15, 0.2) is 0 Å². The van der Waals surface area contributed by atoms with Crippen molar-refractivity contribution in [1.82, 2.24) is 5.32 Å². The first kappa shape index (κ1) is 9.00. The molecular weight excluding hydrogens is 177 g/mol. The third-order valence-electron chi connectivity index (χ3n) is 2.30. The van der Waals surface area contributed by atoms with Gasteiger partial charge in [-0.3, -0.25) is 0 Å². The Morgan fingerprint density at radius 3 is 2.79 bits per heavy atom. The van der Waals surface area contributed by atoms with Gasteiger partial charge in [0.05, 0.1) is 0 Å². The maximum atomic E-state index is 13.3. The average Bonchev–Trinajstić information content (AvgIpc) is 2.56. The van der Waals surface area contributed by atoms with Crippen LogP contribution in [0.1, 0.15) is 12.0 Å². The summed E-state index contributed by atoms with van der Waals surface area (Å²) in [5, 5.41) is 3.03. The fourth-order valence-corrected chi connectivity index (χ4v) is 1.58. The van der Waals surface area contributed by atoms with Gasteiger partial charge in [0, 0.05) is 18.3 Å².